The standard InChI is InChI=1S/C21H20N2O3/c1-4-6-13-11-14(8-7-12(13)5-2)23-20(25)17-15-9-10-16(18(17)21(23)26)22(3)19(15)24/h4-11,15-18H,2H2,1,3H3/b6-4-/t15?,16?,17-,18+/m0/s1. The molecule has 2 bridgehead atoms. The number of allylic oxidation sites excluding steroid dienone is 1. The number of hydrogen-bond donors (Lipinski definition) is 0. The van der Waals surface area contributed by atoms with Crippen molar-refractivity contribution in [3.8, 4) is 0 Å². The summed E-state index contributed by atoms with van der Waals surface area (Å²) in [6.07, 6.45) is 9.23. The Labute approximate surface area is 152 Å². The maximum atomic E-state index is 13.1. The molecule has 1 aromatic rings. The van der Waals surface area contributed by atoms with E-state index in [4.69, 9.17) is 0 Å². The van der Waals surface area contributed by atoms with Gasteiger partial charge in [-0.2, -0.15) is 0 Å². The second kappa shape index (κ2) is 5.80. The minimum absolute atomic E-state index is 0.0849. The van der Waals surface area contributed by atoms with Crippen molar-refractivity contribution in [2.45, 2.75) is 13.0 Å². The van der Waals surface area contributed by atoms with E-state index in [0.29, 0.717) is 5.69 Å². The second-order valence-corrected chi connectivity index (χ2v) is 6.93. The molecule has 0 N–H and O–H groups in total. The smallest absolute Gasteiger partial charge is 0.240 e. The number of carbonyl (C=O) groups excluding carboxylic acids is 3. The molecule has 3 aliphatic heterocycles. The van der Waals surface area contributed by atoms with Crippen LogP contribution in [0.3, 0.4) is 0 Å². The van der Waals surface area contributed by atoms with E-state index in [0.717, 1.165) is 11.1 Å². The lowest BCUT2D eigenvalue weighted by atomic mass is 9.70. The number of piperidine rings is 1. The molecule has 5 rings (SSSR count). The van der Waals surface area contributed by atoms with Gasteiger partial charge in [0.1, 0.15) is 0 Å². The number of nitrogens with zero attached hydrogens (tertiary/aromatic N) is 2. The average molecular weight is 348 g/mol. The van der Waals surface area contributed by atoms with Gasteiger partial charge in [-0.15, -0.1) is 0 Å². The fourth-order valence-electron chi connectivity index (χ4n) is 4.38. The summed E-state index contributed by atoms with van der Waals surface area (Å²) in [6.45, 7) is 5.71. The lowest BCUT2D eigenvalue weighted by Gasteiger charge is -2.44. The zero-order valence-corrected chi connectivity index (χ0v) is 14.8. The highest BCUT2D eigenvalue weighted by Gasteiger charge is 2.61. The molecule has 4 atom stereocenters. The molecule has 0 spiro atoms. The van der Waals surface area contributed by atoms with Crippen molar-refractivity contribution in [1.29, 1.82) is 0 Å². The van der Waals surface area contributed by atoms with Crippen molar-refractivity contribution >= 4 is 35.6 Å². The normalized spacial score (nSPS) is 29.8. The third-order valence-electron chi connectivity index (χ3n) is 5.64. The van der Waals surface area contributed by atoms with Crippen LogP contribution in [0, 0.1) is 17.8 Å². The number of amides is 3. The van der Waals surface area contributed by atoms with Crippen molar-refractivity contribution in [2.24, 2.45) is 17.8 Å². The molecule has 0 aromatic heterocycles. The van der Waals surface area contributed by atoms with Crippen LogP contribution in [-0.4, -0.2) is 35.7 Å². The van der Waals surface area contributed by atoms with E-state index in [1.807, 2.05) is 37.3 Å². The van der Waals surface area contributed by atoms with Crippen molar-refractivity contribution < 1.29 is 14.4 Å². The monoisotopic (exact) mass is 348 g/mol. The maximum Gasteiger partial charge on any atom is 0.240 e. The number of likely N-dealkylation sites (N-methyl/N-ethyl adjacent to an activating group) is 1. The van der Waals surface area contributed by atoms with Crippen LogP contribution in [0.15, 0.2) is 43.0 Å². The predicted octanol–water partition coefficient (Wildman–Crippen LogP) is 2.49. The van der Waals surface area contributed by atoms with E-state index in [1.54, 1.807) is 30.2 Å². The fourth-order valence-corrected chi connectivity index (χ4v) is 4.38. The summed E-state index contributed by atoms with van der Waals surface area (Å²) in [5, 5.41) is 0. The lowest BCUT2D eigenvalue weighted by Crippen LogP contribution is -2.57. The summed E-state index contributed by atoms with van der Waals surface area (Å²) in [6, 6.07) is 5.09. The van der Waals surface area contributed by atoms with Gasteiger partial charge >= 0.3 is 0 Å². The first-order chi connectivity index (χ1) is 12.5. The van der Waals surface area contributed by atoms with E-state index in [-0.39, 0.29) is 23.8 Å². The summed E-state index contributed by atoms with van der Waals surface area (Å²) >= 11 is 0. The van der Waals surface area contributed by atoms with Gasteiger partial charge in [0, 0.05) is 7.05 Å². The fraction of sp³-hybridized carbons (Fsp3) is 0.286. The summed E-state index contributed by atoms with van der Waals surface area (Å²) < 4.78 is 0. The predicted molar refractivity (Wildman–Crippen MR) is 99.9 cm³/mol. The Balaban J connectivity index is 1.78. The molecule has 2 unspecified atom stereocenters. The SMILES string of the molecule is C=Cc1ccc(N2C(=O)[C@@H]3C4C=CC(C(=O)N4C)[C@@H]3C2=O)cc1/C=C\C. The maximum absolute atomic E-state index is 13.1. The number of rotatable bonds is 3. The zero-order chi connectivity index (χ0) is 18.6. The molecular formula is C21H20N2O3. The third-order valence-corrected chi connectivity index (χ3v) is 5.64. The Hall–Kier alpha value is -2.95. The zero-order valence-electron chi connectivity index (χ0n) is 14.8. The molecule has 0 saturated carbocycles. The summed E-state index contributed by atoms with van der Waals surface area (Å²) in [5.74, 6) is -2.22. The van der Waals surface area contributed by atoms with Crippen LogP contribution >= 0.6 is 0 Å². The lowest BCUT2D eigenvalue weighted by molar-refractivity contribution is -0.148. The Bertz CT molecular complexity index is 899. The summed E-state index contributed by atoms with van der Waals surface area (Å²) in [5.41, 5.74) is 2.37. The molecule has 2 saturated heterocycles. The van der Waals surface area contributed by atoms with E-state index < -0.39 is 17.8 Å². The first-order valence-corrected chi connectivity index (χ1v) is 8.71. The number of imide groups is 1. The molecule has 26 heavy (non-hydrogen) atoms. The van der Waals surface area contributed by atoms with Crippen LogP contribution in [0.1, 0.15) is 18.1 Å². The van der Waals surface area contributed by atoms with E-state index >= 15 is 0 Å². The summed E-state index contributed by atoms with van der Waals surface area (Å²) in [4.78, 5) is 41.5. The van der Waals surface area contributed by atoms with Crippen LogP contribution in [0.5, 0.6) is 0 Å². The minimum atomic E-state index is -0.592. The van der Waals surface area contributed by atoms with Crippen LogP contribution in [-0.2, 0) is 14.4 Å². The molecule has 1 aliphatic carbocycles. The molecule has 2 fully saturated rings. The van der Waals surface area contributed by atoms with Crippen molar-refractivity contribution in [1.82, 2.24) is 4.90 Å². The van der Waals surface area contributed by atoms with Crippen LogP contribution in [0.4, 0.5) is 5.69 Å². The van der Waals surface area contributed by atoms with Crippen LogP contribution in [0.25, 0.3) is 12.2 Å². The van der Waals surface area contributed by atoms with Crippen LogP contribution in [0.2, 0.25) is 0 Å². The third kappa shape index (κ3) is 2.06. The Morgan fingerprint density at radius 2 is 1.73 bits per heavy atom. The van der Waals surface area contributed by atoms with Gasteiger partial charge in [0.25, 0.3) is 0 Å². The number of hydrogen-bond acceptors (Lipinski definition) is 3. The number of fused-ring (bicyclic) bond motifs is 1. The largest absolute Gasteiger partial charge is 0.338 e. The molecule has 132 valence electrons. The van der Waals surface area contributed by atoms with Gasteiger partial charge in [-0.3, -0.25) is 14.4 Å². The van der Waals surface area contributed by atoms with Gasteiger partial charge in [0.05, 0.1) is 29.5 Å². The number of benzene rings is 1. The quantitative estimate of drug-likeness (QED) is 0.623. The Kier molecular flexibility index (Phi) is 3.68. The average Bonchev–Trinajstić information content (AvgIpc) is 2.91. The second-order valence-electron chi connectivity index (χ2n) is 6.93. The molecule has 1 aromatic carbocycles. The van der Waals surface area contributed by atoms with Gasteiger partial charge in [-0.05, 0) is 30.2 Å². The van der Waals surface area contributed by atoms with E-state index in [1.165, 1.54) is 4.90 Å². The van der Waals surface area contributed by atoms with Gasteiger partial charge < -0.3 is 4.90 Å². The van der Waals surface area contributed by atoms with Gasteiger partial charge in [-0.25, -0.2) is 4.90 Å². The van der Waals surface area contributed by atoms with Gasteiger partial charge in [0.15, 0.2) is 0 Å². The van der Waals surface area contributed by atoms with Crippen molar-refractivity contribution in [2.75, 3.05) is 11.9 Å². The van der Waals surface area contributed by atoms with Gasteiger partial charge in [0.2, 0.25) is 17.7 Å². The first kappa shape index (κ1) is 16.5. The molecule has 4 aliphatic rings. The molecule has 3 heterocycles. The molecular weight excluding hydrogens is 328 g/mol. The molecule has 5 heteroatoms. The van der Waals surface area contributed by atoms with E-state index in [9.17, 15) is 14.4 Å². The van der Waals surface area contributed by atoms with Crippen LogP contribution < -0.4 is 4.90 Å². The molecule has 3 amide bonds. The summed E-state index contributed by atoms with van der Waals surface area (Å²) in [7, 11) is 1.70. The number of carbonyl (C=O) groups is 3. The van der Waals surface area contributed by atoms with Crippen molar-refractivity contribution in [3.05, 3.63) is 54.1 Å². The first-order valence-electron chi connectivity index (χ1n) is 8.71. The molecule has 5 nitrogen and oxygen atoms in total. The van der Waals surface area contributed by atoms with E-state index in [2.05, 4.69) is 6.58 Å². The van der Waals surface area contributed by atoms with Crippen molar-refractivity contribution in [3.63, 3.8) is 0 Å². The highest BCUT2D eigenvalue weighted by atomic mass is 16.2. The molecule has 0 radical (unpaired) electrons. The highest BCUT2D eigenvalue weighted by molar-refractivity contribution is 6.24. The highest BCUT2D eigenvalue weighted by Crippen LogP contribution is 2.46. The minimum Gasteiger partial charge on any atom is -0.338 e. The Morgan fingerprint density at radius 3 is 2.42 bits per heavy atom. The topological polar surface area (TPSA) is 57.7 Å². The van der Waals surface area contributed by atoms with Gasteiger partial charge in [-0.1, -0.05) is 43.0 Å². The Morgan fingerprint density at radius 1 is 1.00 bits per heavy atom. The number of anilines is 1.